The summed E-state index contributed by atoms with van der Waals surface area (Å²) in [6, 6.07) is 6.56. The number of benzene rings is 1. The molecule has 0 saturated heterocycles. The number of rotatable bonds is 5. The Balaban J connectivity index is 1.83. The summed E-state index contributed by atoms with van der Waals surface area (Å²) in [4.78, 5) is 10.2. The first kappa shape index (κ1) is 12.0. The maximum atomic E-state index is 10.6. The Morgan fingerprint density at radius 3 is 2.88 bits per heavy atom. The van der Waals surface area contributed by atoms with Gasteiger partial charge in [-0.3, -0.25) is 10.1 Å². The Labute approximate surface area is 99.7 Å². The fourth-order valence-electron chi connectivity index (χ4n) is 1.98. The van der Waals surface area contributed by atoms with Crippen molar-refractivity contribution in [1.82, 2.24) is 0 Å². The van der Waals surface area contributed by atoms with Gasteiger partial charge < -0.3 is 10.5 Å². The molecule has 5 heteroatoms. The van der Waals surface area contributed by atoms with E-state index in [0.29, 0.717) is 12.5 Å². The predicted molar refractivity (Wildman–Crippen MR) is 63.5 cm³/mol. The average Bonchev–Trinajstić information content (AvgIpc) is 2.27. The Morgan fingerprint density at radius 1 is 1.47 bits per heavy atom. The van der Waals surface area contributed by atoms with Crippen molar-refractivity contribution in [2.24, 2.45) is 11.7 Å². The van der Waals surface area contributed by atoms with Gasteiger partial charge in [0.15, 0.2) is 0 Å². The molecule has 0 aliphatic heterocycles. The monoisotopic (exact) mass is 236 g/mol. The van der Waals surface area contributed by atoms with Gasteiger partial charge in [0.25, 0.3) is 5.69 Å². The van der Waals surface area contributed by atoms with Crippen molar-refractivity contribution in [2.75, 3.05) is 6.54 Å². The van der Waals surface area contributed by atoms with Crippen LogP contribution in [0.25, 0.3) is 0 Å². The molecule has 0 bridgehead atoms. The van der Waals surface area contributed by atoms with Gasteiger partial charge in [0.2, 0.25) is 0 Å². The van der Waals surface area contributed by atoms with Crippen LogP contribution >= 0.6 is 0 Å². The lowest BCUT2D eigenvalue weighted by Crippen LogP contribution is -2.35. The quantitative estimate of drug-likeness (QED) is 0.625. The van der Waals surface area contributed by atoms with Gasteiger partial charge in [-0.05, 0) is 30.9 Å². The topological polar surface area (TPSA) is 78.4 Å². The molecule has 0 spiro atoms. The van der Waals surface area contributed by atoms with Gasteiger partial charge in [0, 0.05) is 12.1 Å². The highest BCUT2D eigenvalue weighted by atomic mass is 16.6. The molecule has 1 saturated carbocycles. The first-order valence-electron chi connectivity index (χ1n) is 5.74. The highest BCUT2D eigenvalue weighted by Crippen LogP contribution is 2.29. The van der Waals surface area contributed by atoms with Crippen molar-refractivity contribution in [3.05, 3.63) is 39.9 Å². The van der Waals surface area contributed by atoms with E-state index in [0.717, 1.165) is 24.9 Å². The molecule has 2 rings (SSSR count). The molecule has 0 atom stereocenters. The van der Waals surface area contributed by atoms with E-state index in [1.54, 1.807) is 12.1 Å². The van der Waals surface area contributed by atoms with Crippen LogP contribution in [0, 0.1) is 16.0 Å². The molecular weight excluding hydrogens is 220 g/mol. The van der Waals surface area contributed by atoms with Crippen LogP contribution in [0.2, 0.25) is 0 Å². The van der Waals surface area contributed by atoms with Crippen molar-refractivity contribution in [1.29, 1.82) is 0 Å². The number of hydrogen-bond donors (Lipinski definition) is 1. The van der Waals surface area contributed by atoms with E-state index in [4.69, 9.17) is 10.5 Å². The first-order valence-corrected chi connectivity index (χ1v) is 5.74. The molecule has 2 N–H and O–H groups in total. The SMILES string of the molecule is NCC1CC(OCc2cccc([N+](=O)[O-])c2)C1. The third kappa shape index (κ3) is 3.01. The number of non-ortho nitro benzene ring substituents is 1. The molecule has 0 heterocycles. The number of nitrogens with two attached hydrogens (primary N) is 1. The van der Waals surface area contributed by atoms with Crippen molar-refractivity contribution in [3.8, 4) is 0 Å². The van der Waals surface area contributed by atoms with Gasteiger partial charge in [0.1, 0.15) is 0 Å². The molecule has 17 heavy (non-hydrogen) atoms. The molecule has 0 unspecified atom stereocenters. The van der Waals surface area contributed by atoms with Gasteiger partial charge in [-0.25, -0.2) is 0 Å². The van der Waals surface area contributed by atoms with Gasteiger partial charge in [-0.2, -0.15) is 0 Å². The van der Waals surface area contributed by atoms with Crippen molar-refractivity contribution in [2.45, 2.75) is 25.6 Å². The van der Waals surface area contributed by atoms with Crippen LogP contribution in [0.5, 0.6) is 0 Å². The summed E-state index contributed by atoms with van der Waals surface area (Å²) < 4.78 is 5.65. The second-order valence-electron chi connectivity index (χ2n) is 4.43. The maximum absolute atomic E-state index is 10.6. The van der Waals surface area contributed by atoms with Crippen LogP contribution in [0.1, 0.15) is 18.4 Å². The maximum Gasteiger partial charge on any atom is 0.269 e. The number of nitro groups is 1. The van der Waals surface area contributed by atoms with E-state index in [1.165, 1.54) is 6.07 Å². The van der Waals surface area contributed by atoms with E-state index in [2.05, 4.69) is 0 Å². The summed E-state index contributed by atoms with van der Waals surface area (Å²) in [6.45, 7) is 1.15. The molecule has 92 valence electrons. The normalized spacial score (nSPS) is 23.1. The van der Waals surface area contributed by atoms with E-state index >= 15 is 0 Å². The number of nitrogens with zero attached hydrogens (tertiary/aromatic N) is 1. The predicted octanol–water partition coefficient (Wildman–Crippen LogP) is 1.85. The van der Waals surface area contributed by atoms with Crippen molar-refractivity contribution in [3.63, 3.8) is 0 Å². The fraction of sp³-hybridized carbons (Fsp3) is 0.500. The van der Waals surface area contributed by atoms with E-state index in [9.17, 15) is 10.1 Å². The van der Waals surface area contributed by atoms with Crippen LogP contribution in [0.4, 0.5) is 5.69 Å². The molecular formula is C12H16N2O3. The Bertz CT molecular complexity index is 402. The smallest absolute Gasteiger partial charge is 0.269 e. The van der Waals surface area contributed by atoms with E-state index in [1.807, 2.05) is 6.07 Å². The molecule has 1 aliphatic carbocycles. The largest absolute Gasteiger partial charge is 0.374 e. The van der Waals surface area contributed by atoms with Gasteiger partial charge in [-0.15, -0.1) is 0 Å². The standard InChI is InChI=1S/C12H16N2O3/c13-7-10-5-12(6-10)17-8-9-2-1-3-11(4-9)14(15)16/h1-4,10,12H,5-8,13H2. The summed E-state index contributed by atoms with van der Waals surface area (Å²) in [5.74, 6) is 0.588. The molecule has 1 aromatic carbocycles. The second-order valence-corrected chi connectivity index (χ2v) is 4.43. The highest BCUT2D eigenvalue weighted by molar-refractivity contribution is 5.33. The first-order chi connectivity index (χ1) is 8.19. The zero-order chi connectivity index (χ0) is 12.3. The molecule has 1 aliphatic rings. The summed E-state index contributed by atoms with van der Waals surface area (Å²) >= 11 is 0. The van der Waals surface area contributed by atoms with E-state index in [-0.39, 0.29) is 11.8 Å². The van der Waals surface area contributed by atoms with Crippen LogP contribution < -0.4 is 5.73 Å². The van der Waals surface area contributed by atoms with Gasteiger partial charge >= 0.3 is 0 Å². The second kappa shape index (κ2) is 5.25. The number of hydrogen-bond acceptors (Lipinski definition) is 4. The highest BCUT2D eigenvalue weighted by Gasteiger charge is 2.28. The van der Waals surface area contributed by atoms with E-state index < -0.39 is 4.92 Å². The zero-order valence-corrected chi connectivity index (χ0v) is 9.54. The lowest BCUT2D eigenvalue weighted by Gasteiger charge is -2.34. The van der Waals surface area contributed by atoms with Crippen LogP contribution in [-0.2, 0) is 11.3 Å². The summed E-state index contributed by atoms with van der Waals surface area (Å²) in [7, 11) is 0. The fourth-order valence-corrected chi connectivity index (χ4v) is 1.98. The number of ether oxygens (including phenoxy) is 1. The Kier molecular flexibility index (Phi) is 3.71. The summed E-state index contributed by atoms with van der Waals surface area (Å²) in [5.41, 5.74) is 6.48. The molecule has 0 radical (unpaired) electrons. The Hall–Kier alpha value is -1.46. The minimum Gasteiger partial charge on any atom is -0.374 e. The minimum atomic E-state index is -0.392. The lowest BCUT2D eigenvalue weighted by atomic mass is 9.82. The minimum absolute atomic E-state index is 0.111. The zero-order valence-electron chi connectivity index (χ0n) is 9.54. The number of nitro benzene ring substituents is 1. The third-order valence-electron chi connectivity index (χ3n) is 3.13. The molecule has 1 aromatic rings. The van der Waals surface area contributed by atoms with Gasteiger partial charge in [-0.1, -0.05) is 12.1 Å². The van der Waals surface area contributed by atoms with Crippen molar-refractivity contribution >= 4 is 5.69 Å². The van der Waals surface area contributed by atoms with Crippen LogP contribution in [-0.4, -0.2) is 17.6 Å². The summed E-state index contributed by atoms with van der Waals surface area (Å²) in [5, 5.41) is 10.6. The average molecular weight is 236 g/mol. The molecule has 0 aromatic heterocycles. The molecule has 5 nitrogen and oxygen atoms in total. The lowest BCUT2D eigenvalue weighted by molar-refractivity contribution is -0.385. The summed E-state index contributed by atoms with van der Waals surface area (Å²) in [6.07, 6.45) is 2.28. The van der Waals surface area contributed by atoms with Crippen LogP contribution in [0.3, 0.4) is 0 Å². The van der Waals surface area contributed by atoms with Crippen LogP contribution in [0.15, 0.2) is 24.3 Å². The third-order valence-corrected chi connectivity index (χ3v) is 3.13. The van der Waals surface area contributed by atoms with Gasteiger partial charge in [0.05, 0.1) is 17.6 Å². The molecule has 1 fully saturated rings. The molecule has 0 amide bonds. The Morgan fingerprint density at radius 2 is 2.24 bits per heavy atom. The van der Waals surface area contributed by atoms with Crippen molar-refractivity contribution < 1.29 is 9.66 Å².